The van der Waals surface area contributed by atoms with E-state index in [0.717, 1.165) is 0 Å². The molecule has 0 saturated heterocycles. The van der Waals surface area contributed by atoms with Crippen molar-refractivity contribution in [2.45, 2.75) is 0 Å². The molecule has 0 aliphatic rings. The maximum absolute atomic E-state index is 5.99. The number of terminal acetylenes is 1. The van der Waals surface area contributed by atoms with Crippen molar-refractivity contribution < 1.29 is 4.74 Å². The van der Waals surface area contributed by atoms with Crippen molar-refractivity contribution in [2.24, 2.45) is 0 Å². The van der Waals surface area contributed by atoms with Gasteiger partial charge in [-0.2, -0.15) is 0 Å². The summed E-state index contributed by atoms with van der Waals surface area (Å²) in [6.07, 6.45) is 13.7. The summed E-state index contributed by atoms with van der Waals surface area (Å²) >= 11 is 0. The van der Waals surface area contributed by atoms with Crippen LogP contribution in [0.1, 0.15) is 0 Å². The van der Waals surface area contributed by atoms with Crippen molar-refractivity contribution in [3.05, 3.63) is 6.42 Å². The maximum atomic E-state index is 5.99. The summed E-state index contributed by atoms with van der Waals surface area (Å²) in [6, 6.07) is 0. The van der Waals surface area contributed by atoms with Gasteiger partial charge in [0.05, 0.1) is 0 Å². The average molecular weight is 65.1 g/mol. The Morgan fingerprint density at radius 3 is 2.40 bits per heavy atom. The topological polar surface area (TPSA) is 9.23 Å². The molecular formula is C4HO-. The van der Waals surface area contributed by atoms with E-state index in [1.54, 1.807) is 6.11 Å². The lowest BCUT2D eigenvalue weighted by atomic mass is 11.2. The lowest BCUT2D eigenvalue weighted by Crippen LogP contribution is -1.55. The van der Waals surface area contributed by atoms with E-state index < -0.39 is 0 Å². The van der Waals surface area contributed by atoms with Gasteiger partial charge < -0.3 is 11.2 Å². The minimum absolute atomic E-state index is 1.53. The zero-order chi connectivity index (χ0) is 4.12. The lowest BCUT2D eigenvalue weighted by molar-refractivity contribution is 0.479. The van der Waals surface area contributed by atoms with Gasteiger partial charge in [0.1, 0.15) is 6.11 Å². The van der Waals surface area contributed by atoms with E-state index >= 15 is 0 Å². The first kappa shape index (κ1) is 3.92. The molecule has 0 saturated carbocycles. The van der Waals surface area contributed by atoms with Crippen LogP contribution < -0.4 is 0 Å². The molecule has 0 amide bonds. The first-order valence-electron chi connectivity index (χ1n) is 0.947. The number of rotatable bonds is 0. The van der Waals surface area contributed by atoms with Crippen LogP contribution in [0, 0.1) is 25.1 Å². The Morgan fingerprint density at radius 1 is 1.80 bits per heavy atom. The molecule has 1 heteroatoms. The van der Waals surface area contributed by atoms with E-state index in [1.165, 1.54) is 6.11 Å². The summed E-state index contributed by atoms with van der Waals surface area (Å²) in [4.78, 5) is 0. The molecule has 0 fully saturated rings. The summed E-state index contributed by atoms with van der Waals surface area (Å²) < 4.78 is 3.78. The first-order chi connectivity index (χ1) is 2.41. The Bertz CT molecular complexity index is 68.8. The highest BCUT2D eigenvalue weighted by Gasteiger charge is 1.36. The van der Waals surface area contributed by atoms with Crippen LogP contribution >= 0.6 is 0 Å². The molecule has 0 aromatic rings. The highest BCUT2D eigenvalue weighted by Crippen LogP contribution is 1.50. The van der Waals surface area contributed by atoms with E-state index in [-0.39, 0.29) is 0 Å². The van der Waals surface area contributed by atoms with Gasteiger partial charge in [-0.25, -0.2) is 0 Å². The largest absolute Gasteiger partial charge is 0.646 e. The van der Waals surface area contributed by atoms with Crippen LogP contribution in [-0.2, 0) is 4.74 Å². The Balaban J connectivity index is 2.86. The van der Waals surface area contributed by atoms with Gasteiger partial charge in [-0.1, -0.05) is 6.42 Å². The molecule has 0 N–H and O–H groups in total. The van der Waals surface area contributed by atoms with Crippen molar-refractivity contribution in [3.63, 3.8) is 0 Å². The van der Waals surface area contributed by atoms with Crippen molar-refractivity contribution in [1.29, 1.82) is 0 Å². The smallest absolute Gasteiger partial charge is 0.121 e. The van der Waals surface area contributed by atoms with Gasteiger partial charge >= 0.3 is 0 Å². The second-order valence-electron chi connectivity index (χ2n) is 0.322. The molecule has 0 aromatic carbocycles. The zero-order valence-corrected chi connectivity index (χ0v) is 2.49. The average Bonchev–Trinajstić information content (AvgIpc) is 1.41. The van der Waals surface area contributed by atoms with Crippen LogP contribution in [0.4, 0.5) is 0 Å². The fraction of sp³-hybridized carbons (Fsp3) is 0. The zero-order valence-electron chi connectivity index (χ0n) is 2.49. The van der Waals surface area contributed by atoms with Gasteiger partial charge in [0.15, 0.2) is 0 Å². The van der Waals surface area contributed by atoms with E-state index in [0.29, 0.717) is 0 Å². The van der Waals surface area contributed by atoms with E-state index in [4.69, 9.17) is 6.42 Å². The molecule has 0 aromatic heterocycles. The third-order valence-corrected chi connectivity index (χ3v) is 0.110. The SMILES string of the molecule is [C-]#COC#C. The standard InChI is InChI=1S/C4HO/c1-3-5-4-2/h1H/q-1. The highest BCUT2D eigenvalue weighted by molar-refractivity contribution is 4.75. The van der Waals surface area contributed by atoms with Gasteiger partial charge in [0.2, 0.25) is 0 Å². The molecular weight excluding hydrogens is 64.0 g/mol. The number of hydrogen-bond acceptors (Lipinski definition) is 1. The maximum Gasteiger partial charge on any atom is 0.121 e. The molecule has 1 nitrogen and oxygen atoms in total. The molecule has 0 heterocycles. The predicted molar refractivity (Wildman–Crippen MR) is 17.0 cm³/mol. The Kier molecular flexibility index (Phi) is 2.29. The fourth-order valence-electron chi connectivity index (χ4n) is 0.0295. The van der Waals surface area contributed by atoms with Gasteiger partial charge in [-0.3, -0.25) is 0 Å². The van der Waals surface area contributed by atoms with Gasteiger partial charge in [-0.05, 0) is 0 Å². The van der Waals surface area contributed by atoms with Crippen LogP contribution in [-0.4, -0.2) is 0 Å². The van der Waals surface area contributed by atoms with Gasteiger partial charge in [0.25, 0.3) is 0 Å². The van der Waals surface area contributed by atoms with Gasteiger partial charge in [0, 0.05) is 0 Å². The second-order valence-corrected chi connectivity index (χ2v) is 0.322. The van der Waals surface area contributed by atoms with E-state index in [1.807, 2.05) is 0 Å². The monoisotopic (exact) mass is 65.0 g/mol. The lowest BCUT2D eigenvalue weighted by Gasteiger charge is -1.75. The fourth-order valence-corrected chi connectivity index (χ4v) is 0.0295. The summed E-state index contributed by atoms with van der Waals surface area (Å²) in [7, 11) is 0. The van der Waals surface area contributed by atoms with Crippen molar-refractivity contribution in [1.82, 2.24) is 0 Å². The van der Waals surface area contributed by atoms with Crippen molar-refractivity contribution >= 4 is 0 Å². The van der Waals surface area contributed by atoms with Crippen LogP contribution in [0.25, 0.3) is 0 Å². The molecule has 0 spiro atoms. The van der Waals surface area contributed by atoms with Crippen LogP contribution in [0.5, 0.6) is 0 Å². The summed E-state index contributed by atoms with van der Waals surface area (Å²) in [5, 5.41) is 0. The molecule has 0 aliphatic heterocycles. The first-order valence-corrected chi connectivity index (χ1v) is 0.947. The molecule has 24 valence electrons. The van der Waals surface area contributed by atoms with E-state index in [9.17, 15) is 0 Å². The highest BCUT2D eigenvalue weighted by atomic mass is 16.5. The quantitative estimate of drug-likeness (QED) is 0.288. The molecule has 0 aliphatic carbocycles. The third-order valence-electron chi connectivity index (χ3n) is 0.110. The van der Waals surface area contributed by atoms with Crippen LogP contribution in [0.2, 0.25) is 0 Å². The van der Waals surface area contributed by atoms with E-state index in [2.05, 4.69) is 11.2 Å². The summed E-state index contributed by atoms with van der Waals surface area (Å²) in [6.45, 7) is 0. The van der Waals surface area contributed by atoms with Crippen molar-refractivity contribution in [2.75, 3.05) is 0 Å². The molecule has 0 radical (unpaired) electrons. The van der Waals surface area contributed by atoms with Gasteiger partial charge in [-0.15, -0.1) is 6.11 Å². The molecule has 0 unspecified atom stereocenters. The number of ether oxygens (including phenoxy) is 1. The summed E-state index contributed by atoms with van der Waals surface area (Å²) in [5.74, 6) is 0. The van der Waals surface area contributed by atoms with Crippen LogP contribution in [0.3, 0.4) is 0 Å². The Labute approximate surface area is 30.9 Å². The predicted octanol–water partition coefficient (Wildman–Crippen LogP) is 0.141. The Morgan fingerprint density at radius 2 is 2.40 bits per heavy atom. The van der Waals surface area contributed by atoms with Crippen LogP contribution in [0.15, 0.2) is 0 Å². The molecule has 0 bridgehead atoms. The summed E-state index contributed by atoms with van der Waals surface area (Å²) in [5.41, 5.74) is 0. The third kappa shape index (κ3) is 2.92. The molecule has 0 atom stereocenters. The Hall–Kier alpha value is -1.08. The number of hydrogen-bond donors (Lipinski definition) is 0. The molecule has 0 rings (SSSR count). The minimum Gasteiger partial charge on any atom is -0.646 e. The normalized spacial score (nSPS) is 3.60. The second kappa shape index (κ2) is 2.92. The van der Waals surface area contributed by atoms with Crippen molar-refractivity contribution in [3.8, 4) is 18.6 Å². The minimum atomic E-state index is 1.53. The molecule has 5 heavy (non-hydrogen) atoms.